The molecular formula is C15H25N3O2. The topological polar surface area (TPSA) is 75.4 Å². The number of nitrogens with one attached hydrogen (secondary N) is 1. The van der Waals surface area contributed by atoms with E-state index in [4.69, 9.17) is 5.73 Å². The van der Waals surface area contributed by atoms with Crippen molar-refractivity contribution in [2.75, 3.05) is 13.1 Å². The molecule has 3 N–H and O–H groups in total. The largest absolute Gasteiger partial charge is 0.352 e. The lowest BCUT2D eigenvalue weighted by Crippen LogP contribution is -2.43. The molecule has 1 saturated carbocycles. The molecule has 0 aromatic carbocycles. The van der Waals surface area contributed by atoms with Gasteiger partial charge in [-0.2, -0.15) is 0 Å². The molecule has 0 aromatic rings. The second kappa shape index (κ2) is 6.29. The summed E-state index contributed by atoms with van der Waals surface area (Å²) < 4.78 is 0. The van der Waals surface area contributed by atoms with E-state index in [1.807, 2.05) is 18.7 Å². The lowest BCUT2D eigenvalue weighted by molar-refractivity contribution is -0.133. The van der Waals surface area contributed by atoms with Gasteiger partial charge in [0, 0.05) is 25.6 Å². The molecule has 3 unspecified atom stereocenters. The van der Waals surface area contributed by atoms with Gasteiger partial charge in [0.15, 0.2) is 0 Å². The maximum absolute atomic E-state index is 12.3. The van der Waals surface area contributed by atoms with Crippen LogP contribution in [0.15, 0.2) is 12.2 Å². The summed E-state index contributed by atoms with van der Waals surface area (Å²) in [5.74, 6) is 2.07. The third kappa shape index (κ3) is 3.52. The van der Waals surface area contributed by atoms with Crippen molar-refractivity contribution in [1.82, 2.24) is 10.2 Å². The molecule has 5 nitrogen and oxygen atoms in total. The van der Waals surface area contributed by atoms with E-state index in [0.29, 0.717) is 24.8 Å². The smallest absolute Gasteiger partial charge is 0.312 e. The van der Waals surface area contributed by atoms with Crippen LogP contribution in [0.4, 0.5) is 4.79 Å². The molecule has 3 amide bonds. The van der Waals surface area contributed by atoms with Crippen LogP contribution in [0.5, 0.6) is 0 Å². The van der Waals surface area contributed by atoms with Gasteiger partial charge in [-0.05, 0) is 44.4 Å². The quantitative estimate of drug-likeness (QED) is 0.723. The number of rotatable bonds is 6. The van der Waals surface area contributed by atoms with Gasteiger partial charge in [-0.3, -0.25) is 4.79 Å². The molecule has 0 aliphatic heterocycles. The van der Waals surface area contributed by atoms with E-state index in [0.717, 1.165) is 12.5 Å². The molecule has 2 rings (SSSR count). The Kier molecular flexibility index (Phi) is 4.68. The molecular weight excluding hydrogens is 254 g/mol. The van der Waals surface area contributed by atoms with Gasteiger partial charge in [0.2, 0.25) is 5.91 Å². The van der Waals surface area contributed by atoms with Crippen LogP contribution in [-0.4, -0.2) is 36.0 Å². The number of fused-ring (bicyclic) bond motifs is 2. The highest BCUT2D eigenvalue weighted by Crippen LogP contribution is 2.43. The fraction of sp³-hybridized carbons (Fsp3) is 0.733. The highest BCUT2D eigenvalue weighted by atomic mass is 16.2. The summed E-state index contributed by atoms with van der Waals surface area (Å²) in [6, 6.07) is -0.383. The Hall–Kier alpha value is -1.52. The van der Waals surface area contributed by atoms with Gasteiger partial charge >= 0.3 is 6.03 Å². The number of urea groups is 1. The number of allylic oxidation sites excluding steroid dienone is 2. The van der Waals surface area contributed by atoms with E-state index in [1.54, 1.807) is 0 Å². The zero-order chi connectivity index (χ0) is 14.7. The van der Waals surface area contributed by atoms with Crippen LogP contribution in [0, 0.1) is 17.8 Å². The zero-order valence-electron chi connectivity index (χ0n) is 12.3. The second-order valence-electron chi connectivity index (χ2n) is 6.22. The Labute approximate surface area is 120 Å². The number of carbonyl (C=O) groups is 2. The predicted molar refractivity (Wildman–Crippen MR) is 77.9 cm³/mol. The maximum atomic E-state index is 12.3. The monoisotopic (exact) mass is 279 g/mol. The first-order valence-electron chi connectivity index (χ1n) is 7.48. The Morgan fingerprint density at radius 1 is 1.35 bits per heavy atom. The number of hydrogen-bond donors (Lipinski definition) is 2. The summed E-state index contributed by atoms with van der Waals surface area (Å²) in [5, 5.41) is 2.47. The Morgan fingerprint density at radius 3 is 2.60 bits per heavy atom. The minimum absolute atomic E-state index is 0.0977. The summed E-state index contributed by atoms with van der Waals surface area (Å²) >= 11 is 0. The van der Waals surface area contributed by atoms with Gasteiger partial charge < -0.3 is 16.0 Å². The molecule has 2 aliphatic carbocycles. The van der Waals surface area contributed by atoms with E-state index >= 15 is 0 Å². The summed E-state index contributed by atoms with van der Waals surface area (Å²) in [6.07, 6.45) is 7.42. The molecule has 112 valence electrons. The van der Waals surface area contributed by atoms with Crippen LogP contribution in [0.2, 0.25) is 0 Å². The normalized spacial score (nSPS) is 27.1. The van der Waals surface area contributed by atoms with Crippen LogP contribution in [0.25, 0.3) is 0 Å². The first-order chi connectivity index (χ1) is 9.47. The van der Waals surface area contributed by atoms with Gasteiger partial charge in [0.25, 0.3) is 0 Å². The molecule has 0 aromatic heterocycles. The molecule has 5 heteroatoms. The van der Waals surface area contributed by atoms with Crippen molar-refractivity contribution in [2.45, 2.75) is 39.2 Å². The molecule has 0 heterocycles. The Balaban J connectivity index is 1.85. The van der Waals surface area contributed by atoms with Crippen molar-refractivity contribution in [3.63, 3.8) is 0 Å². The molecule has 1 fully saturated rings. The van der Waals surface area contributed by atoms with E-state index in [-0.39, 0.29) is 11.9 Å². The van der Waals surface area contributed by atoms with E-state index in [2.05, 4.69) is 17.5 Å². The maximum Gasteiger partial charge on any atom is 0.312 e. The minimum atomic E-state index is -0.577. The molecule has 2 aliphatic rings. The van der Waals surface area contributed by atoms with Crippen LogP contribution in [0.3, 0.4) is 0 Å². The van der Waals surface area contributed by atoms with Gasteiger partial charge in [-0.25, -0.2) is 4.79 Å². The standard InChI is InChI=1S/C15H25N3O2/c1-10(2)18(14(19)5-6-17-15(16)20)9-13-8-11-3-4-12(13)7-11/h3-4,10-13H,5-9H2,1-2H3,(H3,16,17,20). The molecule has 20 heavy (non-hydrogen) atoms. The lowest BCUT2D eigenvalue weighted by atomic mass is 9.92. The predicted octanol–water partition coefficient (Wildman–Crippen LogP) is 1.49. The van der Waals surface area contributed by atoms with E-state index in [9.17, 15) is 9.59 Å². The average molecular weight is 279 g/mol. The fourth-order valence-electron chi connectivity index (χ4n) is 3.39. The number of amides is 3. The average Bonchev–Trinajstić information content (AvgIpc) is 2.96. The second-order valence-corrected chi connectivity index (χ2v) is 6.22. The highest BCUT2D eigenvalue weighted by Gasteiger charge is 2.37. The summed E-state index contributed by atoms with van der Waals surface area (Å²) in [7, 11) is 0. The van der Waals surface area contributed by atoms with Gasteiger partial charge in [0.05, 0.1) is 0 Å². The van der Waals surface area contributed by atoms with Crippen LogP contribution >= 0.6 is 0 Å². The molecule has 3 atom stereocenters. The van der Waals surface area contributed by atoms with E-state index < -0.39 is 6.03 Å². The van der Waals surface area contributed by atoms with Crippen molar-refractivity contribution >= 4 is 11.9 Å². The van der Waals surface area contributed by atoms with Crippen LogP contribution in [0.1, 0.15) is 33.1 Å². The van der Waals surface area contributed by atoms with Crippen LogP contribution in [-0.2, 0) is 4.79 Å². The number of nitrogens with zero attached hydrogens (tertiary/aromatic N) is 1. The third-order valence-corrected chi connectivity index (χ3v) is 4.43. The molecule has 0 radical (unpaired) electrons. The number of primary amides is 1. The van der Waals surface area contributed by atoms with Crippen molar-refractivity contribution in [3.8, 4) is 0 Å². The summed E-state index contributed by atoms with van der Waals surface area (Å²) in [5.41, 5.74) is 5.01. The molecule has 0 spiro atoms. The van der Waals surface area contributed by atoms with Crippen molar-refractivity contribution in [2.24, 2.45) is 23.5 Å². The van der Waals surface area contributed by atoms with Gasteiger partial charge in [0.1, 0.15) is 0 Å². The third-order valence-electron chi connectivity index (χ3n) is 4.43. The highest BCUT2D eigenvalue weighted by molar-refractivity contribution is 5.78. The number of hydrogen-bond acceptors (Lipinski definition) is 2. The lowest BCUT2D eigenvalue weighted by Gasteiger charge is -2.32. The van der Waals surface area contributed by atoms with Crippen LogP contribution < -0.4 is 11.1 Å². The first-order valence-corrected chi connectivity index (χ1v) is 7.48. The fourth-order valence-corrected chi connectivity index (χ4v) is 3.39. The Bertz CT molecular complexity index is 406. The van der Waals surface area contributed by atoms with Gasteiger partial charge in [-0.1, -0.05) is 12.2 Å². The summed E-state index contributed by atoms with van der Waals surface area (Å²) in [4.78, 5) is 24.9. The molecule has 0 saturated heterocycles. The minimum Gasteiger partial charge on any atom is -0.352 e. The Morgan fingerprint density at radius 2 is 2.10 bits per heavy atom. The SMILES string of the molecule is CC(C)N(CC1CC2C=CC1C2)C(=O)CCNC(N)=O. The number of carbonyl (C=O) groups excluding carboxylic acids is 2. The van der Waals surface area contributed by atoms with Crippen molar-refractivity contribution < 1.29 is 9.59 Å². The van der Waals surface area contributed by atoms with Crippen molar-refractivity contribution in [1.29, 1.82) is 0 Å². The van der Waals surface area contributed by atoms with E-state index in [1.165, 1.54) is 12.8 Å². The van der Waals surface area contributed by atoms with Crippen molar-refractivity contribution in [3.05, 3.63) is 12.2 Å². The molecule has 2 bridgehead atoms. The van der Waals surface area contributed by atoms with Gasteiger partial charge in [-0.15, -0.1) is 0 Å². The summed E-state index contributed by atoms with van der Waals surface area (Å²) in [6.45, 7) is 5.23. The first kappa shape index (κ1) is 14.9. The zero-order valence-corrected chi connectivity index (χ0v) is 12.3. The number of nitrogens with two attached hydrogens (primary N) is 1.